The largest absolute Gasteiger partial charge is 0.474 e. The lowest BCUT2D eigenvalue weighted by atomic mass is 9.90. The normalized spacial score (nSPS) is 28.2. The number of fused-ring (bicyclic) bond motifs is 3. The molecule has 1 saturated heterocycles. The van der Waals surface area contributed by atoms with Crippen molar-refractivity contribution < 1.29 is 4.74 Å². The van der Waals surface area contributed by atoms with Gasteiger partial charge in [-0.25, -0.2) is 9.97 Å². The van der Waals surface area contributed by atoms with E-state index in [2.05, 4.69) is 20.9 Å². The number of nitrogens with zero attached hydrogens (tertiary/aromatic N) is 4. The van der Waals surface area contributed by atoms with Gasteiger partial charge in [0.25, 0.3) is 0 Å². The van der Waals surface area contributed by atoms with Crippen LogP contribution >= 0.6 is 11.3 Å². The van der Waals surface area contributed by atoms with E-state index in [0.717, 1.165) is 54.2 Å². The number of likely N-dealkylation sites (tertiary alicyclic amines) is 1. The summed E-state index contributed by atoms with van der Waals surface area (Å²) in [5.41, 5.74) is 1.38. The molecule has 5 nitrogen and oxygen atoms in total. The van der Waals surface area contributed by atoms with Gasteiger partial charge in [-0.2, -0.15) is 5.26 Å². The van der Waals surface area contributed by atoms with Crippen LogP contribution in [0.1, 0.15) is 81.1 Å². The van der Waals surface area contributed by atoms with Crippen molar-refractivity contribution in [3.63, 3.8) is 0 Å². The molecule has 0 N–H and O–H groups in total. The van der Waals surface area contributed by atoms with Gasteiger partial charge in [0.15, 0.2) is 0 Å². The predicted molar refractivity (Wildman–Crippen MR) is 120 cm³/mol. The first-order chi connectivity index (χ1) is 14.7. The van der Waals surface area contributed by atoms with E-state index in [1.165, 1.54) is 55.6 Å². The Morgan fingerprint density at radius 2 is 1.97 bits per heavy atom. The van der Waals surface area contributed by atoms with Crippen LogP contribution in [0.15, 0.2) is 6.33 Å². The highest BCUT2D eigenvalue weighted by Gasteiger charge is 2.32. The lowest BCUT2D eigenvalue weighted by Gasteiger charge is -2.38. The van der Waals surface area contributed by atoms with Crippen LogP contribution in [-0.4, -0.2) is 40.1 Å². The molecule has 6 heteroatoms. The van der Waals surface area contributed by atoms with Crippen LogP contribution in [-0.2, 0) is 6.42 Å². The van der Waals surface area contributed by atoms with Crippen molar-refractivity contribution in [2.45, 2.75) is 89.2 Å². The zero-order chi connectivity index (χ0) is 20.5. The van der Waals surface area contributed by atoms with Crippen molar-refractivity contribution in [2.75, 3.05) is 13.1 Å². The van der Waals surface area contributed by atoms with E-state index in [4.69, 9.17) is 4.74 Å². The number of hydrogen-bond donors (Lipinski definition) is 0. The number of ether oxygens (including phenoxy) is 1. The van der Waals surface area contributed by atoms with Crippen LogP contribution in [0.2, 0.25) is 0 Å². The Bertz CT molecular complexity index is 921. The zero-order valence-corrected chi connectivity index (χ0v) is 18.8. The molecule has 0 amide bonds. The molecule has 2 aromatic rings. The fourth-order valence-corrected chi connectivity index (χ4v) is 7.05. The molecule has 30 heavy (non-hydrogen) atoms. The maximum Gasteiger partial charge on any atom is 0.225 e. The summed E-state index contributed by atoms with van der Waals surface area (Å²) in [6.45, 7) is 4.60. The second-order valence-electron chi connectivity index (χ2n) is 9.44. The molecular formula is C24H32N4OS. The van der Waals surface area contributed by atoms with Crippen LogP contribution < -0.4 is 4.74 Å². The van der Waals surface area contributed by atoms with Crippen LogP contribution in [0.3, 0.4) is 0 Å². The Balaban J connectivity index is 1.31. The smallest absolute Gasteiger partial charge is 0.225 e. The first-order valence-electron chi connectivity index (χ1n) is 11.8. The third-order valence-electron chi connectivity index (χ3n) is 7.38. The minimum absolute atomic E-state index is 0.0787. The van der Waals surface area contributed by atoms with E-state index in [-0.39, 0.29) is 12.0 Å². The molecule has 160 valence electrons. The monoisotopic (exact) mass is 424 g/mol. The molecule has 5 rings (SSSR count). The molecule has 1 saturated carbocycles. The van der Waals surface area contributed by atoms with Crippen LogP contribution in [0.4, 0.5) is 0 Å². The fourth-order valence-electron chi connectivity index (χ4n) is 5.81. The van der Waals surface area contributed by atoms with Gasteiger partial charge in [0.05, 0.1) is 11.5 Å². The van der Waals surface area contributed by atoms with Crippen LogP contribution in [0.5, 0.6) is 5.88 Å². The third-order valence-corrected chi connectivity index (χ3v) is 8.56. The molecule has 2 atom stereocenters. The minimum Gasteiger partial charge on any atom is -0.474 e. The van der Waals surface area contributed by atoms with Crippen LogP contribution in [0, 0.1) is 17.2 Å². The Hall–Kier alpha value is -1.71. The standard InChI is InChI=1S/C24H32N4OS/c1-16(14-25)13-17-5-10-20-21(17)22-23(26-15-27-24(22)30-20)29-19-8-6-18(7-9-19)28-11-3-2-4-12-28/h15-19H,2-13H2,1H3/t16?,17-,18-,19-/m1/s1. The molecule has 2 aromatic heterocycles. The van der Waals surface area contributed by atoms with E-state index in [9.17, 15) is 5.26 Å². The predicted octanol–water partition coefficient (Wildman–Crippen LogP) is 5.45. The molecule has 0 aromatic carbocycles. The second kappa shape index (κ2) is 8.80. The quantitative estimate of drug-likeness (QED) is 0.639. The summed E-state index contributed by atoms with van der Waals surface area (Å²) in [6, 6.07) is 3.16. The SMILES string of the molecule is CC(C#N)C[C@H]1CCc2sc3ncnc(O[C@H]4CC[C@H](N5CCCCC5)CC4)c3c21. The number of rotatable bonds is 5. The molecule has 3 aliphatic rings. The number of piperidine rings is 1. The molecule has 1 aliphatic heterocycles. The zero-order valence-electron chi connectivity index (χ0n) is 18.0. The van der Waals surface area contributed by atoms with Crippen molar-refractivity contribution >= 4 is 21.6 Å². The molecule has 0 radical (unpaired) electrons. The summed E-state index contributed by atoms with van der Waals surface area (Å²) in [6.07, 6.45) is 13.9. The van der Waals surface area contributed by atoms with Crippen molar-refractivity contribution in [3.05, 3.63) is 16.8 Å². The average molecular weight is 425 g/mol. The summed E-state index contributed by atoms with van der Waals surface area (Å²) >= 11 is 1.80. The molecule has 0 spiro atoms. The molecule has 1 unspecified atom stereocenters. The highest BCUT2D eigenvalue weighted by atomic mass is 32.1. The summed E-state index contributed by atoms with van der Waals surface area (Å²) in [5.74, 6) is 1.30. The van der Waals surface area contributed by atoms with Gasteiger partial charge in [-0.15, -0.1) is 11.3 Å². The number of aryl methyl sites for hydroxylation is 1. The lowest BCUT2D eigenvalue weighted by Crippen LogP contribution is -2.42. The molecular weight excluding hydrogens is 392 g/mol. The number of thiophene rings is 1. The summed E-state index contributed by atoms with van der Waals surface area (Å²) in [5, 5.41) is 10.4. The first kappa shape index (κ1) is 20.2. The molecule has 0 bridgehead atoms. The van der Waals surface area contributed by atoms with E-state index < -0.39 is 0 Å². The van der Waals surface area contributed by atoms with Gasteiger partial charge < -0.3 is 9.64 Å². The molecule has 3 heterocycles. The summed E-state index contributed by atoms with van der Waals surface area (Å²) in [7, 11) is 0. The van der Waals surface area contributed by atoms with Gasteiger partial charge in [-0.05, 0) is 89.3 Å². The van der Waals surface area contributed by atoms with E-state index >= 15 is 0 Å². The topological polar surface area (TPSA) is 62.0 Å². The Morgan fingerprint density at radius 3 is 2.73 bits per heavy atom. The Morgan fingerprint density at radius 1 is 1.17 bits per heavy atom. The van der Waals surface area contributed by atoms with E-state index in [1.807, 2.05) is 6.92 Å². The Kier molecular flexibility index (Phi) is 5.93. The van der Waals surface area contributed by atoms with Gasteiger partial charge in [-0.1, -0.05) is 6.42 Å². The summed E-state index contributed by atoms with van der Waals surface area (Å²) in [4.78, 5) is 14.4. The average Bonchev–Trinajstić information content (AvgIpc) is 3.35. The van der Waals surface area contributed by atoms with Crippen molar-refractivity contribution in [1.29, 1.82) is 5.26 Å². The van der Waals surface area contributed by atoms with E-state index in [0.29, 0.717) is 5.92 Å². The lowest BCUT2D eigenvalue weighted by molar-refractivity contribution is 0.0756. The van der Waals surface area contributed by atoms with Gasteiger partial charge in [0.2, 0.25) is 5.88 Å². The highest BCUT2D eigenvalue weighted by Crippen LogP contribution is 2.48. The Labute approximate surface area is 183 Å². The third kappa shape index (κ3) is 3.94. The van der Waals surface area contributed by atoms with Gasteiger partial charge >= 0.3 is 0 Å². The fraction of sp³-hybridized carbons (Fsp3) is 0.708. The highest BCUT2D eigenvalue weighted by molar-refractivity contribution is 7.19. The summed E-state index contributed by atoms with van der Waals surface area (Å²) < 4.78 is 6.54. The molecule has 2 fully saturated rings. The van der Waals surface area contributed by atoms with Gasteiger partial charge in [0.1, 0.15) is 17.3 Å². The number of aromatic nitrogens is 2. The van der Waals surface area contributed by atoms with Crippen molar-refractivity contribution in [2.24, 2.45) is 5.92 Å². The first-order valence-corrected chi connectivity index (χ1v) is 12.6. The van der Waals surface area contributed by atoms with Crippen LogP contribution in [0.25, 0.3) is 10.2 Å². The number of hydrogen-bond acceptors (Lipinski definition) is 6. The van der Waals surface area contributed by atoms with Crippen molar-refractivity contribution in [1.82, 2.24) is 14.9 Å². The maximum atomic E-state index is 9.29. The van der Waals surface area contributed by atoms with Crippen molar-refractivity contribution in [3.8, 4) is 11.9 Å². The van der Waals surface area contributed by atoms with Gasteiger partial charge in [0, 0.05) is 16.8 Å². The maximum absolute atomic E-state index is 9.29. The molecule has 2 aliphatic carbocycles. The number of nitriles is 1. The second-order valence-corrected chi connectivity index (χ2v) is 10.5. The van der Waals surface area contributed by atoms with Gasteiger partial charge in [-0.3, -0.25) is 0 Å². The van der Waals surface area contributed by atoms with E-state index in [1.54, 1.807) is 17.7 Å². The minimum atomic E-state index is 0.0787.